The lowest BCUT2D eigenvalue weighted by atomic mass is 9.44. The molecule has 7 rings (SSSR count). The molecule has 1 spiro atoms. The number of nitrogens with one attached hydrogen (secondary N) is 2. The SMILES string of the molecule is C[C@]12CCC(=O)NC1C1(CC1)CC1C2CC[C@@]2(C)C1CC[C@@H]2CC(=O)Nc1nnc(C2CC2)s1. The van der Waals surface area contributed by atoms with Gasteiger partial charge in [0.15, 0.2) is 0 Å². The number of piperidine rings is 1. The highest BCUT2D eigenvalue weighted by Gasteiger charge is 2.68. The fourth-order valence-electron chi connectivity index (χ4n) is 9.43. The Morgan fingerprint density at radius 2 is 1.82 bits per heavy atom. The number of hydrogen-bond donors (Lipinski definition) is 2. The van der Waals surface area contributed by atoms with E-state index in [9.17, 15) is 9.59 Å². The highest BCUT2D eigenvalue weighted by molar-refractivity contribution is 7.15. The minimum absolute atomic E-state index is 0.122. The topological polar surface area (TPSA) is 84.0 Å². The van der Waals surface area contributed by atoms with Crippen LogP contribution in [0.4, 0.5) is 5.13 Å². The van der Waals surface area contributed by atoms with Gasteiger partial charge in [0.1, 0.15) is 5.01 Å². The van der Waals surface area contributed by atoms with Crippen LogP contribution in [0, 0.1) is 39.9 Å². The van der Waals surface area contributed by atoms with E-state index in [-0.39, 0.29) is 22.6 Å². The van der Waals surface area contributed by atoms with E-state index in [1.54, 1.807) is 11.3 Å². The van der Waals surface area contributed by atoms with Crippen LogP contribution < -0.4 is 10.6 Å². The third-order valence-corrected chi connectivity index (χ3v) is 12.5. The van der Waals surface area contributed by atoms with Crippen LogP contribution in [0.3, 0.4) is 0 Å². The van der Waals surface area contributed by atoms with E-state index in [0.29, 0.717) is 41.3 Å². The number of anilines is 1. The van der Waals surface area contributed by atoms with Crippen LogP contribution >= 0.6 is 11.3 Å². The lowest BCUT2D eigenvalue weighted by Crippen LogP contribution is -2.65. The molecule has 1 saturated heterocycles. The molecular formula is C27H38N4O2S. The number of nitrogens with zero attached hydrogens (tertiary/aromatic N) is 2. The van der Waals surface area contributed by atoms with Crippen molar-refractivity contribution >= 4 is 28.3 Å². The summed E-state index contributed by atoms with van der Waals surface area (Å²) in [7, 11) is 0. The normalized spacial score (nSPS) is 44.1. The van der Waals surface area contributed by atoms with Crippen LogP contribution in [0.15, 0.2) is 0 Å². The standard InChI is InChI=1S/C27H38N4O2S/c1-25-9-7-19-17(14-27(11-12-27)23-26(19,2)10-8-20(32)28-23)18(25)6-5-16(25)13-21(33)29-24-31-30-22(34-24)15-3-4-15/h15-19,23H,3-14H2,1-2H3,(H,28,32)(H,29,31,33)/t16-,17?,18?,19?,23?,25-,26-/m1/s1. The van der Waals surface area contributed by atoms with Crippen LogP contribution in [-0.4, -0.2) is 28.1 Å². The Bertz CT molecular complexity index is 1030. The van der Waals surface area contributed by atoms with Gasteiger partial charge in [-0.25, -0.2) is 0 Å². The number of fused-ring (bicyclic) bond motifs is 6. The molecule has 1 aliphatic heterocycles. The summed E-state index contributed by atoms with van der Waals surface area (Å²) in [6, 6.07) is 0.391. The molecule has 6 aliphatic rings. The fraction of sp³-hybridized carbons (Fsp3) is 0.852. The van der Waals surface area contributed by atoms with Gasteiger partial charge in [0.2, 0.25) is 16.9 Å². The maximum atomic E-state index is 13.0. The number of carbonyl (C=O) groups excluding carboxylic acids is 2. The predicted molar refractivity (Wildman–Crippen MR) is 131 cm³/mol. The predicted octanol–water partition coefficient (Wildman–Crippen LogP) is 5.27. The van der Waals surface area contributed by atoms with E-state index >= 15 is 0 Å². The molecule has 34 heavy (non-hydrogen) atoms. The second kappa shape index (κ2) is 7.27. The van der Waals surface area contributed by atoms with E-state index in [1.807, 2.05) is 0 Å². The first-order chi connectivity index (χ1) is 16.3. The zero-order valence-electron chi connectivity index (χ0n) is 20.6. The summed E-state index contributed by atoms with van der Waals surface area (Å²) in [6.07, 6.45) is 13.6. The Hall–Kier alpha value is -1.50. The highest BCUT2D eigenvalue weighted by atomic mass is 32.1. The van der Waals surface area contributed by atoms with Crippen molar-refractivity contribution in [3.8, 4) is 0 Å². The number of rotatable bonds is 4. The molecule has 7 atom stereocenters. The van der Waals surface area contributed by atoms with Crippen LogP contribution in [0.25, 0.3) is 0 Å². The summed E-state index contributed by atoms with van der Waals surface area (Å²) in [5.74, 6) is 3.64. The van der Waals surface area contributed by atoms with Crippen molar-refractivity contribution in [1.29, 1.82) is 0 Å². The van der Waals surface area contributed by atoms with Crippen molar-refractivity contribution in [2.45, 2.75) is 103 Å². The Kier molecular flexibility index (Phi) is 4.65. The van der Waals surface area contributed by atoms with Crippen LogP contribution in [0.5, 0.6) is 0 Å². The van der Waals surface area contributed by atoms with Crippen molar-refractivity contribution in [3.63, 3.8) is 0 Å². The van der Waals surface area contributed by atoms with Crippen LogP contribution in [0.2, 0.25) is 0 Å². The van der Waals surface area contributed by atoms with Crippen molar-refractivity contribution in [2.24, 2.45) is 39.9 Å². The Morgan fingerprint density at radius 3 is 2.59 bits per heavy atom. The minimum atomic E-state index is 0.122. The van der Waals surface area contributed by atoms with Gasteiger partial charge in [-0.1, -0.05) is 25.2 Å². The average Bonchev–Trinajstić information content (AvgIpc) is 3.72. The second-order valence-corrected chi connectivity index (χ2v) is 14.2. The molecule has 0 radical (unpaired) electrons. The zero-order valence-corrected chi connectivity index (χ0v) is 21.4. The Morgan fingerprint density at radius 1 is 1.03 bits per heavy atom. The van der Waals surface area contributed by atoms with Gasteiger partial charge in [-0.3, -0.25) is 9.59 Å². The molecule has 6 nitrogen and oxygen atoms in total. The van der Waals surface area contributed by atoms with Crippen molar-refractivity contribution in [1.82, 2.24) is 15.5 Å². The van der Waals surface area contributed by atoms with Gasteiger partial charge in [-0.05, 0) is 104 Å². The van der Waals surface area contributed by atoms with Crippen molar-refractivity contribution < 1.29 is 9.59 Å². The molecule has 184 valence electrons. The fourth-order valence-corrected chi connectivity index (χ4v) is 10.4. The zero-order chi connectivity index (χ0) is 23.3. The van der Waals surface area contributed by atoms with E-state index in [0.717, 1.165) is 29.2 Å². The van der Waals surface area contributed by atoms with E-state index in [1.165, 1.54) is 57.8 Å². The summed E-state index contributed by atoms with van der Waals surface area (Å²) in [6.45, 7) is 5.01. The van der Waals surface area contributed by atoms with E-state index in [2.05, 4.69) is 34.7 Å². The van der Waals surface area contributed by atoms with Crippen molar-refractivity contribution in [3.05, 3.63) is 5.01 Å². The largest absolute Gasteiger partial charge is 0.352 e. The molecule has 7 heteroatoms. The number of carbonyl (C=O) groups is 2. The molecule has 0 bridgehead atoms. The summed E-state index contributed by atoms with van der Waals surface area (Å²) >= 11 is 1.56. The number of amides is 2. The monoisotopic (exact) mass is 482 g/mol. The van der Waals surface area contributed by atoms with Gasteiger partial charge in [0, 0.05) is 24.8 Å². The molecular weight excluding hydrogens is 444 g/mol. The molecule has 2 heterocycles. The average molecular weight is 483 g/mol. The molecule has 1 aromatic rings. The minimum Gasteiger partial charge on any atom is -0.352 e. The molecule has 0 aromatic carbocycles. The molecule has 2 N–H and O–H groups in total. The molecule has 2 amide bonds. The molecule has 6 fully saturated rings. The Balaban J connectivity index is 1.08. The third kappa shape index (κ3) is 3.17. The van der Waals surface area contributed by atoms with E-state index < -0.39 is 0 Å². The van der Waals surface area contributed by atoms with Gasteiger partial charge in [-0.2, -0.15) is 0 Å². The maximum Gasteiger partial charge on any atom is 0.226 e. The first-order valence-electron chi connectivity index (χ1n) is 13.7. The number of aromatic nitrogens is 2. The molecule has 5 aliphatic carbocycles. The first kappa shape index (κ1) is 21.8. The smallest absolute Gasteiger partial charge is 0.226 e. The Labute approximate surface area is 206 Å². The van der Waals surface area contributed by atoms with Gasteiger partial charge < -0.3 is 10.6 Å². The first-order valence-corrected chi connectivity index (χ1v) is 14.6. The van der Waals surface area contributed by atoms with Crippen LogP contribution in [-0.2, 0) is 9.59 Å². The quantitative estimate of drug-likeness (QED) is 0.612. The summed E-state index contributed by atoms with van der Waals surface area (Å²) in [5.41, 5.74) is 0.869. The molecule has 1 aromatic heterocycles. The maximum absolute atomic E-state index is 13.0. The lowest BCUT2D eigenvalue weighted by Gasteiger charge is -2.63. The summed E-state index contributed by atoms with van der Waals surface area (Å²) in [5, 5.41) is 16.8. The number of hydrogen-bond acceptors (Lipinski definition) is 5. The summed E-state index contributed by atoms with van der Waals surface area (Å²) < 4.78 is 0. The van der Waals surface area contributed by atoms with Gasteiger partial charge >= 0.3 is 0 Å². The summed E-state index contributed by atoms with van der Waals surface area (Å²) in [4.78, 5) is 25.4. The van der Waals surface area contributed by atoms with Crippen molar-refractivity contribution in [2.75, 3.05) is 5.32 Å². The second-order valence-electron chi connectivity index (χ2n) is 13.2. The van der Waals surface area contributed by atoms with E-state index in [4.69, 9.17) is 0 Å². The lowest BCUT2D eigenvalue weighted by molar-refractivity contribution is -0.147. The molecule has 5 saturated carbocycles. The van der Waals surface area contributed by atoms with Gasteiger partial charge in [0.05, 0.1) is 0 Å². The highest BCUT2D eigenvalue weighted by Crippen LogP contribution is 2.72. The molecule has 4 unspecified atom stereocenters. The van der Waals surface area contributed by atoms with Gasteiger partial charge in [0.25, 0.3) is 0 Å². The van der Waals surface area contributed by atoms with Gasteiger partial charge in [-0.15, -0.1) is 10.2 Å². The third-order valence-electron chi connectivity index (χ3n) is 11.5. The van der Waals surface area contributed by atoms with Crippen LogP contribution in [0.1, 0.15) is 102 Å².